The minimum Gasteiger partial charge on any atom is -0.489 e. The van der Waals surface area contributed by atoms with Gasteiger partial charge in [0.15, 0.2) is 0 Å². The zero-order chi connectivity index (χ0) is 14.4. The Morgan fingerprint density at radius 2 is 2.29 bits per heavy atom. The van der Waals surface area contributed by atoms with Crippen molar-refractivity contribution in [3.8, 4) is 5.75 Å². The fourth-order valence-electron chi connectivity index (χ4n) is 2.42. The summed E-state index contributed by atoms with van der Waals surface area (Å²) in [6.07, 6.45) is 3.77. The first-order valence-corrected chi connectivity index (χ1v) is 7.09. The summed E-state index contributed by atoms with van der Waals surface area (Å²) in [7, 11) is 0. The highest BCUT2D eigenvalue weighted by molar-refractivity contribution is 5.97. The first-order valence-electron chi connectivity index (χ1n) is 7.09. The Labute approximate surface area is 132 Å². The highest BCUT2D eigenvalue weighted by Crippen LogP contribution is 2.19. The van der Waals surface area contributed by atoms with Crippen LogP contribution in [0.2, 0.25) is 0 Å². The summed E-state index contributed by atoms with van der Waals surface area (Å²) in [4.78, 5) is 12.4. The quantitative estimate of drug-likeness (QED) is 0.822. The molecule has 4 nitrogen and oxygen atoms in total. The van der Waals surface area contributed by atoms with Gasteiger partial charge in [0, 0.05) is 12.1 Å². The molecule has 0 spiro atoms. The number of carbonyl (C=O) groups is 1. The molecule has 5 heteroatoms. The van der Waals surface area contributed by atoms with Gasteiger partial charge in [-0.25, -0.2) is 0 Å². The molecule has 1 aliphatic rings. The lowest BCUT2D eigenvalue weighted by Gasteiger charge is -2.30. The normalized spacial score (nSPS) is 21.0. The Morgan fingerprint density at radius 1 is 1.52 bits per heavy atom. The van der Waals surface area contributed by atoms with Gasteiger partial charge in [-0.2, -0.15) is 0 Å². The van der Waals surface area contributed by atoms with Crippen LogP contribution in [0.25, 0.3) is 0 Å². The van der Waals surface area contributed by atoms with E-state index in [1.165, 1.54) is 0 Å². The summed E-state index contributed by atoms with van der Waals surface area (Å²) >= 11 is 0. The number of hydrogen-bond donors (Lipinski definition) is 2. The molecule has 116 valence electrons. The maximum absolute atomic E-state index is 12.4. The van der Waals surface area contributed by atoms with E-state index < -0.39 is 0 Å². The van der Waals surface area contributed by atoms with Crippen molar-refractivity contribution in [2.75, 3.05) is 13.2 Å². The lowest BCUT2D eigenvalue weighted by atomic mass is 9.99. The molecule has 2 atom stereocenters. The van der Waals surface area contributed by atoms with Gasteiger partial charge < -0.3 is 15.4 Å². The van der Waals surface area contributed by atoms with Crippen molar-refractivity contribution in [3.63, 3.8) is 0 Å². The summed E-state index contributed by atoms with van der Waals surface area (Å²) in [6.45, 7) is 7.14. The van der Waals surface area contributed by atoms with Crippen LogP contribution < -0.4 is 15.4 Å². The van der Waals surface area contributed by atoms with Gasteiger partial charge in [-0.1, -0.05) is 24.8 Å². The zero-order valence-corrected chi connectivity index (χ0v) is 13.1. The first kappa shape index (κ1) is 17.5. The van der Waals surface area contributed by atoms with E-state index in [4.69, 9.17) is 4.74 Å². The molecule has 0 bridgehead atoms. The molecule has 1 heterocycles. The number of halogens is 1. The molecule has 0 aliphatic carbocycles. The fraction of sp³-hybridized carbons (Fsp3) is 0.438. The molecule has 1 aromatic rings. The van der Waals surface area contributed by atoms with Crippen molar-refractivity contribution >= 4 is 18.3 Å². The van der Waals surface area contributed by atoms with Gasteiger partial charge in [0.05, 0.1) is 5.56 Å². The van der Waals surface area contributed by atoms with E-state index in [1.54, 1.807) is 18.2 Å². The smallest absolute Gasteiger partial charge is 0.255 e. The SMILES string of the molecule is C=CCOc1ccccc1C(=O)NC1CCCNC1C.Cl. The Hall–Kier alpha value is -1.52. The van der Waals surface area contributed by atoms with E-state index in [2.05, 4.69) is 24.1 Å². The average Bonchev–Trinajstić information content (AvgIpc) is 2.47. The average molecular weight is 311 g/mol. The number of para-hydroxylation sites is 1. The van der Waals surface area contributed by atoms with Crippen molar-refractivity contribution in [1.82, 2.24) is 10.6 Å². The Kier molecular flexibility index (Phi) is 7.26. The van der Waals surface area contributed by atoms with Gasteiger partial charge in [-0.15, -0.1) is 12.4 Å². The largest absolute Gasteiger partial charge is 0.489 e. The molecule has 2 rings (SSSR count). The van der Waals surface area contributed by atoms with E-state index in [0.29, 0.717) is 24.0 Å². The van der Waals surface area contributed by atoms with Crippen molar-refractivity contribution < 1.29 is 9.53 Å². The predicted molar refractivity (Wildman–Crippen MR) is 87.3 cm³/mol. The van der Waals surface area contributed by atoms with E-state index in [0.717, 1.165) is 19.4 Å². The molecular weight excluding hydrogens is 288 g/mol. The Balaban J connectivity index is 0.00000220. The highest BCUT2D eigenvalue weighted by Gasteiger charge is 2.23. The third kappa shape index (κ3) is 4.76. The summed E-state index contributed by atoms with van der Waals surface area (Å²) in [6, 6.07) is 7.77. The zero-order valence-electron chi connectivity index (χ0n) is 12.3. The summed E-state index contributed by atoms with van der Waals surface area (Å²) in [5, 5.41) is 6.47. The summed E-state index contributed by atoms with van der Waals surface area (Å²) < 4.78 is 5.53. The van der Waals surface area contributed by atoms with Crippen LogP contribution in [-0.4, -0.2) is 31.1 Å². The van der Waals surface area contributed by atoms with Crippen LogP contribution in [0.3, 0.4) is 0 Å². The Bertz CT molecular complexity index is 479. The van der Waals surface area contributed by atoms with Crippen LogP contribution in [-0.2, 0) is 0 Å². The molecule has 0 aromatic heterocycles. The number of benzene rings is 1. The maximum Gasteiger partial charge on any atom is 0.255 e. The van der Waals surface area contributed by atoms with Crippen LogP contribution in [0.1, 0.15) is 30.1 Å². The summed E-state index contributed by atoms with van der Waals surface area (Å²) in [5.74, 6) is 0.520. The van der Waals surface area contributed by atoms with E-state index in [1.807, 2.05) is 12.1 Å². The topological polar surface area (TPSA) is 50.4 Å². The Morgan fingerprint density at radius 3 is 3.00 bits per heavy atom. The molecule has 1 aliphatic heterocycles. The molecule has 21 heavy (non-hydrogen) atoms. The summed E-state index contributed by atoms with van der Waals surface area (Å²) in [5.41, 5.74) is 0.576. The van der Waals surface area contributed by atoms with Crippen LogP contribution in [0, 0.1) is 0 Å². The molecule has 1 fully saturated rings. The third-order valence-corrected chi connectivity index (χ3v) is 3.57. The minimum atomic E-state index is -0.0785. The number of carbonyl (C=O) groups excluding carboxylic acids is 1. The number of rotatable bonds is 5. The second-order valence-electron chi connectivity index (χ2n) is 5.06. The molecule has 2 N–H and O–H groups in total. The molecule has 0 radical (unpaired) electrons. The molecule has 0 saturated carbocycles. The lowest BCUT2D eigenvalue weighted by Crippen LogP contribution is -2.51. The van der Waals surface area contributed by atoms with Gasteiger partial charge in [-0.05, 0) is 38.4 Å². The van der Waals surface area contributed by atoms with E-state index in [9.17, 15) is 4.79 Å². The van der Waals surface area contributed by atoms with Crippen molar-refractivity contribution in [2.24, 2.45) is 0 Å². The first-order chi connectivity index (χ1) is 9.72. The predicted octanol–water partition coefficient (Wildman–Crippen LogP) is 2.54. The molecule has 2 unspecified atom stereocenters. The fourth-order valence-corrected chi connectivity index (χ4v) is 2.42. The van der Waals surface area contributed by atoms with Crippen LogP contribution >= 0.6 is 12.4 Å². The van der Waals surface area contributed by atoms with Crippen LogP contribution in [0.5, 0.6) is 5.75 Å². The van der Waals surface area contributed by atoms with Gasteiger partial charge in [0.25, 0.3) is 5.91 Å². The van der Waals surface area contributed by atoms with Gasteiger partial charge in [0.2, 0.25) is 0 Å². The second-order valence-corrected chi connectivity index (χ2v) is 5.06. The number of piperidine rings is 1. The van der Waals surface area contributed by atoms with Crippen molar-refractivity contribution in [2.45, 2.75) is 31.8 Å². The lowest BCUT2D eigenvalue weighted by molar-refractivity contribution is 0.0916. The maximum atomic E-state index is 12.4. The van der Waals surface area contributed by atoms with Gasteiger partial charge in [-0.3, -0.25) is 4.79 Å². The van der Waals surface area contributed by atoms with Gasteiger partial charge in [0.1, 0.15) is 12.4 Å². The van der Waals surface area contributed by atoms with Crippen LogP contribution in [0.4, 0.5) is 0 Å². The molecule has 1 amide bonds. The number of hydrogen-bond acceptors (Lipinski definition) is 3. The van der Waals surface area contributed by atoms with Crippen LogP contribution in [0.15, 0.2) is 36.9 Å². The number of nitrogens with one attached hydrogen (secondary N) is 2. The molecular formula is C16H23ClN2O2. The van der Waals surface area contributed by atoms with E-state index in [-0.39, 0.29) is 24.4 Å². The standard InChI is InChI=1S/C16H22N2O2.ClH/c1-3-11-20-15-9-5-4-7-13(15)16(19)18-14-8-6-10-17-12(14)2;/h3-5,7,9,12,14,17H,1,6,8,10-11H2,2H3,(H,18,19);1H. The second kappa shape index (κ2) is 8.70. The molecule has 1 saturated heterocycles. The third-order valence-electron chi connectivity index (χ3n) is 3.57. The van der Waals surface area contributed by atoms with Crippen molar-refractivity contribution in [3.05, 3.63) is 42.5 Å². The van der Waals surface area contributed by atoms with Gasteiger partial charge >= 0.3 is 0 Å². The van der Waals surface area contributed by atoms with E-state index >= 15 is 0 Å². The molecule has 1 aromatic carbocycles. The highest BCUT2D eigenvalue weighted by atomic mass is 35.5. The number of amides is 1. The minimum absolute atomic E-state index is 0. The monoisotopic (exact) mass is 310 g/mol. The number of ether oxygens (including phenoxy) is 1. The van der Waals surface area contributed by atoms with Crippen molar-refractivity contribution in [1.29, 1.82) is 0 Å².